The van der Waals surface area contributed by atoms with Crippen molar-refractivity contribution in [3.8, 4) is 17.2 Å². The number of hydrogen-bond acceptors (Lipinski definition) is 15. The lowest BCUT2D eigenvalue weighted by Gasteiger charge is -2.41. The summed E-state index contributed by atoms with van der Waals surface area (Å²) >= 11 is 0. The molecular formula is C32H30O15. The second-order valence-corrected chi connectivity index (χ2v) is 11.2. The van der Waals surface area contributed by atoms with Crippen LogP contribution in [0.25, 0.3) is 0 Å². The monoisotopic (exact) mass is 654 g/mol. The molecule has 0 saturated heterocycles. The van der Waals surface area contributed by atoms with Crippen LogP contribution in [-0.4, -0.2) is 81.8 Å². The zero-order valence-corrected chi connectivity index (χ0v) is 25.8. The lowest BCUT2D eigenvalue weighted by molar-refractivity contribution is -0.246. The first-order valence-corrected chi connectivity index (χ1v) is 14.2. The number of aromatic hydroxyl groups is 2. The van der Waals surface area contributed by atoms with Crippen molar-refractivity contribution < 1.29 is 72.5 Å². The molecule has 2 aromatic rings. The van der Waals surface area contributed by atoms with Crippen molar-refractivity contribution in [3.63, 3.8) is 0 Å². The predicted octanol–water partition coefficient (Wildman–Crippen LogP) is 1.83. The normalized spacial score (nSPS) is 24.4. The summed E-state index contributed by atoms with van der Waals surface area (Å²) in [5, 5.41) is 34.6. The van der Waals surface area contributed by atoms with Crippen molar-refractivity contribution in [1.82, 2.24) is 0 Å². The Morgan fingerprint density at radius 2 is 1.55 bits per heavy atom. The summed E-state index contributed by atoms with van der Waals surface area (Å²) < 4.78 is 32.7. The first-order valence-electron chi connectivity index (χ1n) is 14.2. The van der Waals surface area contributed by atoms with Crippen molar-refractivity contribution in [2.45, 2.75) is 70.7 Å². The highest BCUT2D eigenvalue weighted by atomic mass is 16.7. The largest absolute Gasteiger partial charge is 0.507 e. The fourth-order valence-electron chi connectivity index (χ4n) is 6.02. The molecule has 5 rings (SSSR count). The third-order valence-electron chi connectivity index (χ3n) is 8.05. The highest BCUT2D eigenvalue weighted by Crippen LogP contribution is 2.52. The molecular weight excluding hydrogens is 624 g/mol. The molecule has 15 nitrogen and oxygen atoms in total. The molecule has 3 unspecified atom stereocenters. The number of hydrogen-bond donors (Lipinski definition) is 3. The molecule has 0 spiro atoms. The smallest absolute Gasteiger partial charge is 0.307 e. The number of ether oxygens (including phenoxy) is 6. The van der Waals surface area contributed by atoms with Crippen molar-refractivity contribution in [2.75, 3.05) is 7.11 Å². The van der Waals surface area contributed by atoms with Crippen LogP contribution in [0.1, 0.15) is 83.2 Å². The number of methoxy groups -OCH3 is 1. The Kier molecular flexibility index (Phi) is 8.55. The maximum atomic E-state index is 13.8. The summed E-state index contributed by atoms with van der Waals surface area (Å²) in [7, 11) is 1.29. The van der Waals surface area contributed by atoms with E-state index in [4.69, 9.17) is 28.4 Å². The average molecular weight is 655 g/mol. The second-order valence-electron chi connectivity index (χ2n) is 11.2. The van der Waals surface area contributed by atoms with Gasteiger partial charge in [-0.15, -0.1) is 0 Å². The van der Waals surface area contributed by atoms with Gasteiger partial charge < -0.3 is 43.7 Å². The predicted molar refractivity (Wildman–Crippen MR) is 153 cm³/mol. The number of fused-ring (bicyclic) bond motifs is 3. The number of aliphatic hydroxyl groups is 1. The van der Waals surface area contributed by atoms with Crippen LogP contribution >= 0.6 is 0 Å². The van der Waals surface area contributed by atoms with Crippen LogP contribution in [0.4, 0.5) is 0 Å². The van der Waals surface area contributed by atoms with Crippen molar-refractivity contribution in [1.29, 1.82) is 0 Å². The van der Waals surface area contributed by atoms with Gasteiger partial charge in [0, 0.05) is 50.3 Å². The van der Waals surface area contributed by atoms with Crippen LogP contribution in [0, 0.1) is 0 Å². The summed E-state index contributed by atoms with van der Waals surface area (Å²) in [5.41, 5.74) is -4.14. The van der Waals surface area contributed by atoms with Gasteiger partial charge in [0.25, 0.3) is 0 Å². The number of esters is 3. The van der Waals surface area contributed by atoms with Crippen molar-refractivity contribution in [3.05, 3.63) is 63.6 Å². The van der Waals surface area contributed by atoms with Gasteiger partial charge in [-0.3, -0.25) is 28.8 Å². The van der Waals surface area contributed by atoms with E-state index in [1.165, 1.54) is 25.3 Å². The molecule has 1 heterocycles. The first kappa shape index (κ1) is 33.1. The number of Topliss-reactive ketones (excluding diaryl/α,β-unsaturated/α-hetero) is 1. The lowest BCUT2D eigenvalue weighted by Crippen LogP contribution is -2.51. The Labute approximate surface area is 266 Å². The number of ketones is 3. The zero-order chi connectivity index (χ0) is 34.5. The van der Waals surface area contributed by atoms with E-state index in [0.717, 1.165) is 34.0 Å². The van der Waals surface area contributed by atoms with Gasteiger partial charge in [-0.25, -0.2) is 0 Å². The summed E-state index contributed by atoms with van der Waals surface area (Å²) in [6.07, 6.45) is -6.82. The molecule has 0 radical (unpaired) electrons. The number of rotatable bonds is 7. The van der Waals surface area contributed by atoms with Gasteiger partial charge in [0.05, 0.1) is 29.9 Å². The zero-order valence-electron chi connectivity index (χ0n) is 25.8. The van der Waals surface area contributed by atoms with Crippen LogP contribution in [0.15, 0.2) is 30.2 Å². The molecule has 1 aliphatic heterocycles. The van der Waals surface area contributed by atoms with Crippen molar-refractivity contribution in [2.24, 2.45) is 0 Å². The van der Waals surface area contributed by atoms with Gasteiger partial charge in [-0.1, -0.05) is 12.1 Å². The van der Waals surface area contributed by atoms with Gasteiger partial charge in [0.1, 0.15) is 29.1 Å². The molecule has 15 heteroatoms. The number of carbonyl (C=O) groups is 6. The molecule has 0 saturated carbocycles. The number of phenolic OH excluding ortho intramolecular Hbond substituents is 2. The lowest BCUT2D eigenvalue weighted by atomic mass is 9.72. The molecule has 0 aromatic heterocycles. The van der Waals surface area contributed by atoms with E-state index in [0.29, 0.717) is 0 Å². The Bertz CT molecular complexity index is 1770. The summed E-state index contributed by atoms with van der Waals surface area (Å²) in [4.78, 5) is 76.1. The molecule has 5 atom stereocenters. The molecule has 0 bridgehead atoms. The average Bonchev–Trinajstić information content (AvgIpc) is 2.99. The van der Waals surface area contributed by atoms with E-state index in [-0.39, 0.29) is 33.8 Å². The number of carbonyl (C=O) groups excluding carboxylic acids is 6. The van der Waals surface area contributed by atoms with Gasteiger partial charge in [-0.05, 0) is 13.0 Å². The van der Waals surface area contributed by atoms with Gasteiger partial charge in [-0.2, -0.15) is 0 Å². The molecule has 248 valence electrons. The maximum absolute atomic E-state index is 13.8. The van der Waals surface area contributed by atoms with Crippen LogP contribution in [0.5, 0.6) is 17.2 Å². The highest BCUT2D eigenvalue weighted by molar-refractivity contribution is 6.31. The van der Waals surface area contributed by atoms with E-state index in [2.05, 4.69) is 0 Å². The Balaban J connectivity index is 1.68. The van der Waals surface area contributed by atoms with Crippen LogP contribution in [-0.2, 0) is 49.3 Å². The maximum Gasteiger partial charge on any atom is 0.307 e. The van der Waals surface area contributed by atoms with Gasteiger partial charge in [0.2, 0.25) is 24.3 Å². The number of phenols is 2. The van der Waals surface area contributed by atoms with Crippen molar-refractivity contribution >= 4 is 35.3 Å². The minimum absolute atomic E-state index is 0.0357. The Hall–Kier alpha value is -5.28. The minimum atomic E-state index is -2.22. The molecule has 2 aromatic carbocycles. The molecule has 0 amide bonds. The summed E-state index contributed by atoms with van der Waals surface area (Å²) in [5.74, 6) is -6.91. The van der Waals surface area contributed by atoms with Crippen LogP contribution in [0.3, 0.4) is 0 Å². The fraction of sp³-hybridized carbons (Fsp3) is 0.375. The Morgan fingerprint density at radius 1 is 0.894 bits per heavy atom. The molecule has 3 aliphatic rings. The van der Waals surface area contributed by atoms with Crippen LogP contribution in [0.2, 0.25) is 0 Å². The highest BCUT2D eigenvalue weighted by Gasteiger charge is 2.51. The minimum Gasteiger partial charge on any atom is -0.507 e. The molecule has 3 N–H and O–H groups in total. The first-order chi connectivity index (χ1) is 22.1. The topological polar surface area (TPSA) is 218 Å². The van der Waals surface area contributed by atoms with Crippen LogP contribution < -0.4 is 4.74 Å². The third-order valence-corrected chi connectivity index (χ3v) is 8.05. The molecule has 2 aliphatic carbocycles. The summed E-state index contributed by atoms with van der Waals surface area (Å²) in [6, 6.07) is 4.26. The van der Waals surface area contributed by atoms with Gasteiger partial charge in [0.15, 0.2) is 17.3 Å². The quantitative estimate of drug-likeness (QED) is 0.188. The molecule has 0 fully saturated rings. The SMILES string of the molecule is COc1cccc2c1C(=O)c1c(O)c3c(c(O)c1C2=O)C[C@@](O)(C(C)=O)C[C@@H]3OC1OC=C(OC(C)=O)C(OC(C)=O)C1OC(C)=O. The standard InChI is InChI=1S/C32H30O15/c1-12(33)32(41)9-17-22(28(40)24-23(26(17)38)25(37)16-7-6-8-18(42-5)21(16)27(24)39)19(10-32)47-31-30(46-15(4)36)29(45-14(3)35)20(11-43-31)44-13(2)34/h6-8,11,19,29-31,38,40-41H,9-10H2,1-5H3/t19-,29?,30?,31?,32-/m0/s1. The van der Waals surface area contributed by atoms with E-state index in [9.17, 15) is 44.1 Å². The number of benzene rings is 2. The van der Waals surface area contributed by atoms with E-state index >= 15 is 0 Å². The third kappa shape index (κ3) is 5.67. The van der Waals surface area contributed by atoms with E-state index in [1.807, 2.05) is 0 Å². The molecule has 47 heavy (non-hydrogen) atoms. The Morgan fingerprint density at radius 3 is 2.15 bits per heavy atom. The van der Waals surface area contributed by atoms with E-state index < -0.39 is 101 Å². The summed E-state index contributed by atoms with van der Waals surface area (Å²) in [6.45, 7) is 4.22. The fourth-order valence-corrected chi connectivity index (χ4v) is 6.02. The second kappa shape index (κ2) is 12.1. The van der Waals surface area contributed by atoms with E-state index in [1.54, 1.807) is 0 Å². The van der Waals surface area contributed by atoms with Gasteiger partial charge >= 0.3 is 17.9 Å².